The predicted octanol–water partition coefficient (Wildman–Crippen LogP) is 10.6. The summed E-state index contributed by atoms with van der Waals surface area (Å²) in [6.07, 6.45) is 5.75. The number of methoxy groups -OCH3 is 1. The second kappa shape index (κ2) is 20.1. The number of carbonyl (C=O) groups is 2. The molecule has 2 amide bonds. The number of amides is 2. The number of anilines is 2. The van der Waals surface area contributed by atoms with Gasteiger partial charge in [0.25, 0.3) is 0 Å². The van der Waals surface area contributed by atoms with E-state index < -0.39 is 25.8 Å². The molecule has 5 rings (SSSR count). The fraction of sp³-hybridized carbons (Fsp3) is 0.467. The highest BCUT2D eigenvalue weighted by Gasteiger charge is 2.37. The average Bonchev–Trinajstić information content (AvgIpc) is 3.60. The molecular weight excluding hydrogens is 823 g/mol. The first kappa shape index (κ1) is 46.8. The van der Waals surface area contributed by atoms with Crippen molar-refractivity contribution < 1.29 is 27.9 Å². The number of nitrogens with zero attached hydrogens (tertiary/aromatic N) is 3. The lowest BCUT2D eigenvalue weighted by molar-refractivity contribution is -0.119. The molecule has 0 spiro atoms. The van der Waals surface area contributed by atoms with Gasteiger partial charge in [-0.25, -0.2) is 14.2 Å². The number of halogens is 3. The molecule has 1 saturated heterocycles. The van der Waals surface area contributed by atoms with Crippen LogP contribution in [0.5, 0.6) is 5.75 Å². The van der Waals surface area contributed by atoms with Gasteiger partial charge in [-0.05, 0) is 94.5 Å². The quantitative estimate of drug-likeness (QED) is 0.0702. The van der Waals surface area contributed by atoms with Crippen molar-refractivity contribution in [1.29, 1.82) is 0 Å². The largest absolute Gasteiger partial charge is 0.496 e. The lowest BCUT2D eigenvalue weighted by Gasteiger charge is -2.37. The van der Waals surface area contributed by atoms with E-state index in [0.29, 0.717) is 39.0 Å². The molecule has 3 N–H and O–H groups in total. The van der Waals surface area contributed by atoms with Gasteiger partial charge in [0.1, 0.15) is 11.4 Å². The smallest absolute Gasteiger partial charge is 0.410 e. The number of hydrogen-bond donors (Lipinski definition) is 3. The number of rotatable bonds is 17. The molecule has 11 nitrogen and oxygen atoms in total. The molecular formula is C45H59Cl2FN6O5Si. The van der Waals surface area contributed by atoms with E-state index in [4.69, 9.17) is 37.1 Å². The van der Waals surface area contributed by atoms with Crippen LogP contribution >= 0.6 is 23.2 Å². The summed E-state index contributed by atoms with van der Waals surface area (Å²) in [4.78, 5) is 35.2. The Hall–Kier alpha value is -4.27. The van der Waals surface area contributed by atoms with Gasteiger partial charge in [-0.15, -0.1) is 0 Å². The Morgan fingerprint density at radius 2 is 1.73 bits per heavy atom. The molecule has 324 valence electrons. The number of aryl methyl sites for hydroxylation is 1. The summed E-state index contributed by atoms with van der Waals surface area (Å²) in [5.74, 6) is 0.164. The van der Waals surface area contributed by atoms with Crippen LogP contribution < -0.4 is 20.7 Å². The van der Waals surface area contributed by atoms with Crippen LogP contribution in [-0.2, 0) is 26.9 Å². The predicted molar refractivity (Wildman–Crippen MR) is 241 cm³/mol. The molecule has 0 bridgehead atoms. The van der Waals surface area contributed by atoms with Gasteiger partial charge >= 0.3 is 6.09 Å². The van der Waals surface area contributed by atoms with E-state index >= 15 is 4.39 Å². The van der Waals surface area contributed by atoms with Gasteiger partial charge in [-0.3, -0.25) is 9.78 Å². The minimum atomic E-state index is -2.10. The number of benzene rings is 2. The van der Waals surface area contributed by atoms with Crippen LogP contribution in [0.15, 0.2) is 60.9 Å². The maximum atomic E-state index is 16.3. The molecule has 0 aliphatic carbocycles. The Morgan fingerprint density at radius 3 is 2.42 bits per heavy atom. The van der Waals surface area contributed by atoms with Crippen LogP contribution in [0.1, 0.15) is 71.9 Å². The van der Waals surface area contributed by atoms with Gasteiger partial charge in [-0.2, -0.15) is 0 Å². The third-order valence-corrected chi connectivity index (χ3v) is 16.2. The Bertz CT molecular complexity index is 2140. The van der Waals surface area contributed by atoms with Crippen molar-refractivity contribution in [3.8, 4) is 28.1 Å². The summed E-state index contributed by atoms with van der Waals surface area (Å²) in [7, 11) is -0.454. The van der Waals surface area contributed by atoms with Crippen molar-refractivity contribution in [3.05, 3.63) is 87.9 Å². The Morgan fingerprint density at radius 1 is 1.00 bits per heavy atom. The van der Waals surface area contributed by atoms with E-state index in [2.05, 4.69) is 59.8 Å². The highest BCUT2D eigenvalue weighted by atomic mass is 35.5. The van der Waals surface area contributed by atoms with Gasteiger partial charge in [-0.1, -0.05) is 68.2 Å². The first-order valence-corrected chi connectivity index (χ1v) is 24.1. The fourth-order valence-electron chi connectivity index (χ4n) is 6.51. The number of pyridine rings is 2. The van der Waals surface area contributed by atoms with Crippen molar-refractivity contribution >= 4 is 55.0 Å². The van der Waals surface area contributed by atoms with Crippen LogP contribution in [0.2, 0.25) is 28.2 Å². The zero-order chi connectivity index (χ0) is 43.8. The zero-order valence-corrected chi connectivity index (χ0v) is 38.7. The summed E-state index contributed by atoms with van der Waals surface area (Å²) in [5.41, 5.74) is 3.55. The first-order valence-electron chi connectivity index (χ1n) is 20.4. The van der Waals surface area contributed by atoms with E-state index in [1.165, 1.54) is 11.1 Å². The normalized spacial score (nSPS) is 14.5. The van der Waals surface area contributed by atoms with Gasteiger partial charge in [0.2, 0.25) is 5.91 Å². The minimum absolute atomic E-state index is 0.0111. The molecule has 3 heterocycles. The zero-order valence-electron chi connectivity index (χ0n) is 36.2. The molecule has 1 aliphatic rings. The third kappa shape index (κ3) is 12.2. The van der Waals surface area contributed by atoms with Gasteiger partial charge in [0, 0.05) is 60.2 Å². The number of ether oxygens (including phenoxy) is 2. The van der Waals surface area contributed by atoms with Crippen molar-refractivity contribution in [3.63, 3.8) is 0 Å². The van der Waals surface area contributed by atoms with Crippen molar-refractivity contribution in [2.24, 2.45) is 0 Å². The second-order valence-corrected chi connectivity index (χ2v) is 23.2. The molecule has 1 atom stereocenters. The molecule has 1 aliphatic heterocycles. The molecule has 0 unspecified atom stereocenters. The lowest BCUT2D eigenvalue weighted by atomic mass is 10.00. The second-order valence-electron chi connectivity index (χ2n) is 17.6. The van der Waals surface area contributed by atoms with Crippen molar-refractivity contribution in [1.82, 2.24) is 25.5 Å². The molecule has 2 aromatic carbocycles. The molecule has 4 aromatic rings. The monoisotopic (exact) mass is 880 g/mol. The maximum absolute atomic E-state index is 16.3. The summed E-state index contributed by atoms with van der Waals surface area (Å²) in [6.45, 7) is 18.1. The molecule has 0 radical (unpaired) electrons. The summed E-state index contributed by atoms with van der Waals surface area (Å²) >= 11 is 14.1. The lowest BCUT2D eigenvalue weighted by Crippen LogP contribution is -2.44. The molecule has 60 heavy (non-hydrogen) atoms. The minimum Gasteiger partial charge on any atom is -0.496 e. The van der Waals surface area contributed by atoms with Crippen LogP contribution in [0, 0.1) is 5.82 Å². The molecule has 15 heteroatoms. The Labute approximate surface area is 365 Å². The number of hydrogen-bond acceptors (Lipinski definition) is 9. The molecule has 1 fully saturated rings. The molecule has 0 saturated carbocycles. The van der Waals surface area contributed by atoms with E-state index in [1.807, 2.05) is 24.3 Å². The topological polar surface area (TPSA) is 127 Å². The Kier molecular flexibility index (Phi) is 15.6. The van der Waals surface area contributed by atoms with Crippen molar-refractivity contribution in [2.75, 3.05) is 38.7 Å². The van der Waals surface area contributed by atoms with E-state index in [1.54, 1.807) is 58.3 Å². The summed E-state index contributed by atoms with van der Waals surface area (Å²) in [6, 6.07) is 14.8. The maximum Gasteiger partial charge on any atom is 0.410 e. The van der Waals surface area contributed by atoms with E-state index in [0.717, 1.165) is 49.2 Å². The van der Waals surface area contributed by atoms with Crippen LogP contribution in [0.3, 0.4) is 0 Å². The van der Waals surface area contributed by atoms with Gasteiger partial charge < -0.3 is 34.8 Å². The standard InChI is InChI=1S/C45H59Cl2FN6O5Si/c1-44(2,3)59-43(56)54(24-25-58-60(8,9)45(4,5)6)28-31-19-22-51-42(40(31)48)53-35-14-10-13-33(38(35)46)34-20-23-50-41(39(34)47)30-16-15-29(36(26-30)57-7)12-11-21-49-27-32-17-18-37(55)52-32/h10,13-16,19-20,22-23,26,32,49H,11-12,17-18,21,24-25,27-28H2,1-9H3,(H,51,53)(H,52,55)/t32-/m0/s1. The SMILES string of the molecule is COc1cc(-c2nccc(-c3cccc(Nc4nccc(CN(CCO[Si](C)(C)C(C)(C)C)C(=O)OC(C)(C)C)c4F)c3Cl)c2Cl)ccc1CCCNC[C@@H]1CCC(=O)N1. The van der Waals surface area contributed by atoms with Crippen LogP contribution in [-0.4, -0.2) is 80.2 Å². The summed E-state index contributed by atoms with van der Waals surface area (Å²) < 4.78 is 34.1. The number of aromatic nitrogens is 2. The third-order valence-electron chi connectivity index (χ3n) is 10.9. The summed E-state index contributed by atoms with van der Waals surface area (Å²) in [5, 5.41) is 10.2. The van der Waals surface area contributed by atoms with Crippen LogP contribution in [0.4, 0.5) is 20.7 Å². The first-order chi connectivity index (χ1) is 28.3. The highest BCUT2D eigenvalue weighted by molar-refractivity contribution is 6.74. The van der Waals surface area contributed by atoms with E-state index in [-0.39, 0.29) is 48.1 Å². The van der Waals surface area contributed by atoms with E-state index in [9.17, 15) is 9.59 Å². The fourth-order valence-corrected chi connectivity index (χ4v) is 8.15. The van der Waals surface area contributed by atoms with Gasteiger partial charge in [0.05, 0.1) is 41.7 Å². The van der Waals surface area contributed by atoms with Gasteiger partial charge in [0.15, 0.2) is 20.0 Å². The van der Waals surface area contributed by atoms with Crippen LogP contribution in [0.25, 0.3) is 22.4 Å². The highest BCUT2D eigenvalue weighted by Crippen LogP contribution is 2.42. The Balaban J connectivity index is 1.31. The number of carbonyl (C=O) groups excluding carboxylic acids is 2. The number of nitrogens with one attached hydrogen (secondary N) is 3. The molecule has 2 aromatic heterocycles. The average molecular weight is 882 g/mol. The van der Waals surface area contributed by atoms with Crippen molar-refractivity contribution in [2.45, 2.75) is 104 Å².